The van der Waals surface area contributed by atoms with Crippen molar-refractivity contribution in [3.63, 3.8) is 0 Å². The molecule has 1 aliphatic rings. The van der Waals surface area contributed by atoms with Gasteiger partial charge in [-0.3, -0.25) is 4.98 Å². The summed E-state index contributed by atoms with van der Waals surface area (Å²) in [6.07, 6.45) is 3.61. The lowest BCUT2D eigenvalue weighted by molar-refractivity contribution is 0.172. The summed E-state index contributed by atoms with van der Waals surface area (Å²) >= 11 is 0. The maximum atomic E-state index is 9.40. The molecule has 1 aromatic heterocycles. The molecule has 0 amide bonds. The van der Waals surface area contributed by atoms with E-state index < -0.39 is 0 Å². The fourth-order valence-corrected chi connectivity index (χ4v) is 2.15. The first-order chi connectivity index (χ1) is 8.33. The van der Waals surface area contributed by atoms with Gasteiger partial charge in [-0.2, -0.15) is 0 Å². The highest BCUT2D eigenvalue weighted by atomic mass is 16.5. The minimum Gasteiger partial charge on any atom is -0.508 e. The summed E-state index contributed by atoms with van der Waals surface area (Å²) in [6.45, 7) is 0. The Morgan fingerprint density at radius 2 is 2.18 bits per heavy atom. The van der Waals surface area contributed by atoms with Crippen LogP contribution < -0.4 is 4.74 Å². The Hall–Kier alpha value is -2.03. The first-order valence-electron chi connectivity index (χ1n) is 5.72. The molecule has 0 fully saturated rings. The average Bonchev–Trinajstić information content (AvgIpc) is 2.39. The summed E-state index contributed by atoms with van der Waals surface area (Å²) in [7, 11) is 0. The summed E-state index contributed by atoms with van der Waals surface area (Å²) in [6, 6.07) is 11.1. The molecule has 2 heterocycles. The zero-order valence-corrected chi connectivity index (χ0v) is 9.34. The lowest BCUT2D eigenvalue weighted by Crippen LogP contribution is -2.15. The highest BCUT2D eigenvalue weighted by Crippen LogP contribution is 2.35. The van der Waals surface area contributed by atoms with Crippen LogP contribution in [0.25, 0.3) is 0 Å². The number of phenols is 1. The predicted molar refractivity (Wildman–Crippen MR) is 64.0 cm³/mol. The maximum Gasteiger partial charge on any atom is 0.141 e. The Morgan fingerprint density at radius 1 is 1.24 bits per heavy atom. The van der Waals surface area contributed by atoms with Gasteiger partial charge in [0.05, 0.1) is 5.69 Å². The van der Waals surface area contributed by atoms with Gasteiger partial charge in [0, 0.05) is 6.20 Å². The number of aromatic nitrogens is 1. The normalized spacial score (nSPS) is 18.2. The fraction of sp³-hybridized carbons (Fsp3) is 0.214. The van der Waals surface area contributed by atoms with Crippen LogP contribution >= 0.6 is 0 Å². The molecule has 0 bridgehead atoms. The molecule has 86 valence electrons. The third-order valence-corrected chi connectivity index (χ3v) is 3.01. The minimum absolute atomic E-state index is 0.0215. The van der Waals surface area contributed by atoms with Gasteiger partial charge in [0.25, 0.3) is 0 Å². The largest absolute Gasteiger partial charge is 0.508 e. The number of aromatic hydroxyl groups is 1. The van der Waals surface area contributed by atoms with Gasteiger partial charge in [0.2, 0.25) is 0 Å². The van der Waals surface area contributed by atoms with Crippen molar-refractivity contribution in [2.45, 2.75) is 18.9 Å². The Labute approximate surface area is 99.7 Å². The van der Waals surface area contributed by atoms with Gasteiger partial charge in [-0.1, -0.05) is 6.07 Å². The van der Waals surface area contributed by atoms with Crippen molar-refractivity contribution in [3.05, 3.63) is 53.9 Å². The molecule has 17 heavy (non-hydrogen) atoms. The van der Waals surface area contributed by atoms with Gasteiger partial charge < -0.3 is 9.84 Å². The van der Waals surface area contributed by atoms with E-state index in [0.29, 0.717) is 5.75 Å². The predicted octanol–water partition coefficient (Wildman–Crippen LogP) is 2.85. The fourth-order valence-electron chi connectivity index (χ4n) is 2.15. The van der Waals surface area contributed by atoms with E-state index >= 15 is 0 Å². The van der Waals surface area contributed by atoms with Gasteiger partial charge in [0.15, 0.2) is 0 Å². The summed E-state index contributed by atoms with van der Waals surface area (Å²) in [5.41, 5.74) is 2.03. The van der Waals surface area contributed by atoms with E-state index in [9.17, 15) is 5.11 Å². The van der Waals surface area contributed by atoms with Crippen LogP contribution in [0.15, 0.2) is 42.6 Å². The van der Waals surface area contributed by atoms with Crippen LogP contribution in [0.4, 0.5) is 0 Å². The molecular formula is C14H13NO2. The number of phenolic OH excluding ortho intramolecular Hbond substituents is 1. The van der Waals surface area contributed by atoms with Crippen LogP contribution in [0, 0.1) is 0 Å². The molecule has 3 nitrogen and oxygen atoms in total. The molecule has 0 unspecified atom stereocenters. The molecule has 0 radical (unpaired) electrons. The van der Waals surface area contributed by atoms with Gasteiger partial charge in [-0.25, -0.2) is 0 Å². The van der Waals surface area contributed by atoms with Crippen molar-refractivity contribution in [3.8, 4) is 11.5 Å². The third kappa shape index (κ3) is 1.96. The number of ether oxygens (including phenoxy) is 1. The van der Waals surface area contributed by atoms with E-state index in [4.69, 9.17) is 4.74 Å². The topological polar surface area (TPSA) is 42.4 Å². The monoisotopic (exact) mass is 227 g/mol. The maximum absolute atomic E-state index is 9.40. The number of hydrogen-bond donors (Lipinski definition) is 1. The van der Waals surface area contributed by atoms with E-state index in [0.717, 1.165) is 29.8 Å². The van der Waals surface area contributed by atoms with Crippen molar-refractivity contribution in [1.82, 2.24) is 4.98 Å². The lowest BCUT2D eigenvalue weighted by Gasteiger charge is -2.25. The molecule has 0 aliphatic carbocycles. The lowest BCUT2D eigenvalue weighted by atomic mass is 10.00. The summed E-state index contributed by atoms with van der Waals surface area (Å²) in [5.74, 6) is 1.15. The summed E-state index contributed by atoms with van der Waals surface area (Å²) < 4.78 is 5.90. The Morgan fingerprint density at radius 3 is 3.00 bits per heavy atom. The smallest absolute Gasteiger partial charge is 0.141 e. The zero-order valence-electron chi connectivity index (χ0n) is 9.34. The van der Waals surface area contributed by atoms with Gasteiger partial charge in [0.1, 0.15) is 17.6 Å². The van der Waals surface area contributed by atoms with Crippen molar-refractivity contribution >= 4 is 0 Å². The molecular weight excluding hydrogens is 214 g/mol. The number of rotatable bonds is 1. The van der Waals surface area contributed by atoms with Crippen LogP contribution in [0.1, 0.15) is 23.8 Å². The summed E-state index contributed by atoms with van der Waals surface area (Å²) in [4.78, 5) is 4.32. The average molecular weight is 227 g/mol. The van der Waals surface area contributed by atoms with Crippen molar-refractivity contribution in [2.75, 3.05) is 0 Å². The minimum atomic E-state index is 0.0215. The second-order valence-electron chi connectivity index (χ2n) is 4.19. The SMILES string of the molecule is Oc1ccc2c(c1)CC[C@H](c1ccccn1)O2. The quantitative estimate of drug-likeness (QED) is 0.814. The van der Waals surface area contributed by atoms with Crippen LogP contribution in [0.2, 0.25) is 0 Å². The van der Waals surface area contributed by atoms with E-state index in [1.165, 1.54) is 0 Å². The highest BCUT2D eigenvalue weighted by molar-refractivity contribution is 5.41. The molecule has 3 rings (SSSR count). The number of pyridine rings is 1. The van der Waals surface area contributed by atoms with Crippen molar-refractivity contribution in [1.29, 1.82) is 0 Å². The van der Waals surface area contributed by atoms with Gasteiger partial charge >= 0.3 is 0 Å². The molecule has 1 aliphatic heterocycles. The molecule has 0 saturated carbocycles. The van der Waals surface area contributed by atoms with E-state index in [2.05, 4.69) is 4.98 Å². The molecule has 0 saturated heterocycles. The molecule has 1 atom stereocenters. The number of benzene rings is 1. The second kappa shape index (κ2) is 4.09. The van der Waals surface area contributed by atoms with Crippen LogP contribution in [0.5, 0.6) is 11.5 Å². The van der Waals surface area contributed by atoms with Crippen LogP contribution in [-0.4, -0.2) is 10.1 Å². The highest BCUT2D eigenvalue weighted by Gasteiger charge is 2.22. The number of nitrogens with zero attached hydrogens (tertiary/aromatic N) is 1. The molecule has 3 heteroatoms. The summed E-state index contributed by atoms with van der Waals surface area (Å²) in [5, 5.41) is 9.40. The zero-order chi connectivity index (χ0) is 11.7. The number of hydrogen-bond acceptors (Lipinski definition) is 3. The van der Waals surface area contributed by atoms with E-state index in [-0.39, 0.29) is 6.10 Å². The Kier molecular flexibility index (Phi) is 2.44. The second-order valence-corrected chi connectivity index (χ2v) is 4.19. The Balaban J connectivity index is 1.88. The molecule has 0 spiro atoms. The van der Waals surface area contributed by atoms with Gasteiger partial charge in [-0.05, 0) is 48.7 Å². The van der Waals surface area contributed by atoms with Crippen molar-refractivity contribution < 1.29 is 9.84 Å². The number of aryl methyl sites for hydroxylation is 1. The third-order valence-electron chi connectivity index (χ3n) is 3.01. The van der Waals surface area contributed by atoms with Crippen LogP contribution in [0.3, 0.4) is 0 Å². The number of fused-ring (bicyclic) bond motifs is 1. The Bertz CT molecular complexity index is 525. The van der Waals surface area contributed by atoms with Crippen LogP contribution in [-0.2, 0) is 6.42 Å². The first kappa shape index (κ1) is 10.1. The first-order valence-corrected chi connectivity index (χ1v) is 5.72. The molecule has 2 aromatic rings. The van der Waals surface area contributed by atoms with E-state index in [1.54, 1.807) is 18.3 Å². The standard InChI is InChI=1S/C14H13NO2/c16-11-5-7-13-10(9-11)4-6-14(17-13)12-3-1-2-8-15-12/h1-3,5,7-9,14,16H,4,6H2/t14-/m1/s1. The molecule has 1 aromatic carbocycles. The van der Waals surface area contributed by atoms with E-state index in [1.807, 2.05) is 24.3 Å². The van der Waals surface area contributed by atoms with Gasteiger partial charge in [-0.15, -0.1) is 0 Å². The van der Waals surface area contributed by atoms with Crippen molar-refractivity contribution in [2.24, 2.45) is 0 Å². The molecule has 1 N–H and O–H groups in total.